The molecule has 7 heteroatoms. The molecule has 1 aromatic heterocycles. The number of rotatable bonds is 5. The average Bonchev–Trinajstić information content (AvgIpc) is 2.81. The van der Waals surface area contributed by atoms with Crippen molar-refractivity contribution in [1.29, 1.82) is 0 Å². The van der Waals surface area contributed by atoms with Crippen LogP contribution in [-0.4, -0.2) is 26.8 Å². The van der Waals surface area contributed by atoms with Crippen LogP contribution < -0.4 is 10.1 Å². The zero-order valence-corrected chi connectivity index (χ0v) is 12.0. The maximum Gasteiger partial charge on any atom is 0.261 e. The molecule has 0 spiro atoms. The van der Waals surface area contributed by atoms with Gasteiger partial charge in [0.1, 0.15) is 12.1 Å². The molecular weight excluding hydrogens is 280 g/mol. The van der Waals surface area contributed by atoms with Crippen molar-refractivity contribution in [3.8, 4) is 5.75 Å². The Morgan fingerprint density at radius 2 is 2.35 bits per heavy atom. The SMILES string of the molecule is C[C@@H](Oc1cccc(Cl)c1)C(=O)NCc1nncn1C. The van der Waals surface area contributed by atoms with Crippen LogP contribution in [0.15, 0.2) is 30.6 Å². The zero-order valence-electron chi connectivity index (χ0n) is 11.2. The predicted molar refractivity (Wildman–Crippen MR) is 74.4 cm³/mol. The summed E-state index contributed by atoms with van der Waals surface area (Å²) in [5, 5.41) is 10.9. The maximum absolute atomic E-state index is 11.9. The van der Waals surface area contributed by atoms with Crippen LogP contribution in [0.5, 0.6) is 5.75 Å². The van der Waals surface area contributed by atoms with Gasteiger partial charge in [0.05, 0.1) is 6.54 Å². The number of aryl methyl sites for hydroxylation is 1. The number of hydrogen-bond donors (Lipinski definition) is 1. The minimum absolute atomic E-state index is 0.229. The van der Waals surface area contributed by atoms with Crippen molar-refractivity contribution >= 4 is 17.5 Å². The highest BCUT2D eigenvalue weighted by Crippen LogP contribution is 2.18. The number of halogens is 1. The van der Waals surface area contributed by atoms with Crippen molar-refractivity contribution < 1.29 is 9.53 Å². The molecule has 0 aliphatic rings. The van der Waals surface area contributed by atoms with Crippen molar-refractivity contribution in [3.05, 3.63) is 41.4 Å². The molecule has 20 heavy (non-hydrogen) atoms. The predicted octanol–water partition coefficient (Wildman–Crippen LogP) is 1.55. The van der Waals surface area contributed by atoms with E-state index in [1.165, 1.54) is 0 Å². The lowest BCUT2D eigenvalue weighted by Crippen LogP contribution is -2.36. The first-order chi connectivity index (χ1) is 9.56. The Morgan fingerprint density at radius 1 is 1.55 bits per heavy atom. The second-order valence-electron chi connectivity index (χ2n) is 4.29. The van der Waals surface area contributed by atoms with Crippen molar-refractivity contribution in [2.24, 2.45) is 7.05 Å². The molecule has 0 unspecified atom stereocenters. The van der Waals surface area contributed by atoms with E-state index in [0.29, 0.717) is 23.1 Å². The van der Waals surface area contributed by atoms with Crippen molar-refractivity contribution in [1.82, 2.24) is 20.1 Å². The van der Waals surface area contributed by atoms with Crippen LogP contribution in [0.4, 0.5) is 0 Å². The van der Waals surface area contributed by atoms with Gasteiger partial charge in [0.25, 0.3) is 5.91 Å². The van der Waals surface area contributed by atoms with Crippen LogP contribution in [0.2, 0.25) is 5.02 Å². The number of hydrogen-bond acceptors (Lipinski definition) is 4. The number of carbonyl (C=O) groups is 1. The molecule has 106 valence electrons. The van der Waals surface area contributed by atoms with Gasteiger partial charge in [-0.25, -0.2) is 0 Å². The molecule has 1 aromatic carbocycles. The van der Waals surface area contributed by atoms with E-state index < -0.39 is 6.10 Å². The quantitative estimate of drug-likeness (QED) is 0.908. The standard InChI is InChI=1S/C13H15ClN4O2/c1-9(20-11-5-3-4-10(14)6-11)13(19)15-7-12-17-16-8-18(12)2/h3-6,8-9H,7H2,1-2H3,(H,15,19)/t9-/m1/s1. The maximum atomic E-state index is 11.9. The first-order valence-electron chi connectivity index (χ1n) is 6.09. The lowest BCUT2D eigenvalue weighted by molar-refractivity contribution is -0.127. The lowest BCUT2D eigenvalue weighted by atomic mass is 10.3. The largest absolute Gasteiger partial charge is 0.481 e. The zero-order chi connectivity index (χ0) is 14.5. The molecule has 6 nitrogen and oxygen atoms in total. The fourth-order valence-corrected chi connectivity index (χ4v) is 1.76. The number of aromatic nitrogens is 3. The number of benzene rings is 1. The van der Waals surface area contributed by atoms with E-state index in [4.69, 9.17) is 16.3 Å². The van der Waals surface area contributed by atoms with Crippen LogP contribution in [0.3, 0.4) is 0 Å². The van der Waals surface area contributed by atoms with Gasteiger partial charge in [-0.2, -0.15) is 0 Å². The van der Waals surface area contributed by atoms with E-state index in [9.17, 15) is 4.79 Å². The van der Waals surface area contributed by atoms with Crippen molar-refractivity contribution in [2.45, 2.75) is 19.6 Å². The topological polar surface area (TPSA) is 69.0 Å². The Balaban J connectivity index is 1.87. The number of ether oxygens (including phenoxy) is 1. The third-order valence-electron chi connectivity index (χ3n) is 2.70. The van der Waals surface area contributed by atoms with E-state index in [2.05, 4.69) is 15.5 Å². The van der Waals surface area contributed by atoms with E-state index in [1.54, 1.807) is 42.1 Å². The summed E-state index contributed by atoms with van der Waals surface area (Å²) in [6, 6.07) is 6.92. The fourth-order valence-electron chi connectivity index (χ4n) is 1.58. The van der Waals surface area contributed by atoms with Gasteiger partial charge >= 0.3 is 0 Å². The molecule has 0 fully saturated rings. The first kappa shape index (κ1) is 14.3. The molecule has 1 N–H and O–H groups in total. The van der Waals surface area contributed by atoms with E-state index in [0.717, 1.165) is 0 Å². The van der Waals surface area contributed by atoms with E-state index >= 15 is 0 Å². The van der Waals surface area contributed by atoms with Crippen LogP contribution in [0.25, 0.3) is 0 Å². The Bertz CT molecular complexity index is 600. The summed E-state index contributed by atoms with van der Waals surface area (Å²) in [5.41, 5.74) is 0. The van der Waals surface area contributed by atoms with Gasteiger partial charge in [-0.1, -0.05) is 17.7 Å². The molecule has 1 amide bonds. The molecule has 1 atom stereocenters. The van der Waals surface area contributed by atoms with Gasteiger partial charge in [-0.15, -0.1) is 10.2 Å². The summed E-state index contributed by atoms with van der Waals surface area (Å²) in [7, 11) is 1.81. The van der Waals surface area contributed by atoms with Gasteiger partial charge < -0.3 is 14.6 Å². The fraction of sp³-hybridized carbons (Fsp3) is 0.308. The van der Waals surface area contributed by atoms with Gasteiger partial charge in [0.2, 0.25) is 0 Å². The first-order valence-corrected chi connectivity index (χ1v) is 6.47. The smallest absolute Gasteiger partial charge is 0.261 e. The van der Waals surface area contributed by atoms with Gasteiger partial charge in [0, 0.05) is 12.1 Å². The third kappa shape index (κ3) is 3.71. The second-order valence-corrected chi connectivity index (χ2v) is 4.73. The highest BCUT2D eigenvalue weighted by molar-refractivity contribution is 6.30. The van der Waals surface area contributed by atoms with Crippen LogP contribution >= 0.6 is 11.6 Å². The average molecular weight is 295 g/mol. The molecule has 0 aliphatic heterocycles. The molecule has 1 heterocycles. The highest BCUT2D eigenvalue weighted by atomic mass is 35.5. The summed E-state index contributed by atoms with van der Waals surface area (Å²) in [4.78, 5) is 11.9. The summed E-state index contributed by atoms with van der Waals surface area (Å²) in [6.07, 6.45) is 0.953. The molecule has 0 bridgehead atoms. The lowest BCUT2D eigenvalue weighted by Gasteiger charge is -2.14. The molecule has 2 aromatic rings. The molecule has 0 aliphatic carbocycles. The van der Waals surface area contributed by atoms with Gasteiger partial charge in [-0.05, 0) is 25.1 Å². The normalized spacial score (nSPS) is 11.9. The molecule has 0 saturated heterocycles. The third-order valence-corrected chi connectivity index (χ3v) is 2.94. The van der Waals surface area contributed by atoms with Gasteiger partial charge in [0.15, 0.2) is 11.9 Å². The Kier molecular flexibility index (Phi) is 4.57. The van der Waals surface area contributed by atoms with Crippen molar-refractivity contribution in [3.63, 3.8) is 0 Å². The molecule has 0 radical (unpaired) electrons. The van der Waals surface area contributed by atoms with E-state index in [1.807, 2.05) is 7.05 Å². The monoisotopic (exact) mass is 294 g/mol. The highest BCUT2D eigenvalue weighted by Gasteiger charge is 2.15. The summed E-state index contributed by atoms with van der Waals surface area (Å²) < 4.78 is 7.26. The van der Waals surface area contributed by atoms with Crippen LogP contribution in [0.1, 0.15) is 12.7 Å². The summed E-state index contributed by atoms with van der Waals surface area (Å²) in [5.74, 6) is 1.00. The number of nitrogens with one attached hydrogen (secondary N) is 1. The Morgan fingerprint density at radius 3 is 3.00 bits per heavy atom. The number of nitrogens with zero attached hydrogens (tertiary/aromatic N) is 3. The molecule has 2 rings (SSSR count). The summed E-state index contributed by atoms with van der Waals surface area (Å²) in [6.45, 7) is 1.98. The number of amides is 1. The van der Waals surface area contributed by atoms with Crippen LogP contribution in [0, 0.1) is 0 Å². The van der Waals surface area contributed by atoms with E-state index in [-0.39, 0.29) is 5.91 Å². The number of carbonyl (C=O) groups excluding carboxylic acids is 1. The summed E-state index contributed by atoms with van der Waals surface area (Å²) >= 11 is 5.86. The minimum Gasteiger partial charge on any atom is -0.481 e. The molecule has 0 saturated carbocycles. The van der Waals surface area contributed by atoms with Gasteiger partial charge in [-0.3, -0.25) is 4.79 Å². The Labute approximate surface area is 121 Å². The second kappa shape index (κ2) is 6.38. The van der Waals surface area contributed by atoms with Crippen molar-refractivity contribution in [2.75, 3.05) is 0 Å². The van der Waals surface area contributed by atoms with Crippen LogP contribution in [-0.2, 0) is 18.4 Å². The molecular formula is C13H15ClN4O2. The minimum atomic E-state index is -0.623. The Hall–Kier alpha value is -2.08.